The predicted octanol–water partition coefficient (Wildman–Crippen LogP) is 2.39. The molecule has 0 saturated heterocycles. The number of nitrogen functional groups attached to an aromatic ring is 1. The van der Waals surface area contributed by atoms with Crippen LogP contribution in [0, 0.1) is 6.92 Å². The summed E-state index contributed by atoms with van der Waals surface area (Å²) in [7, 11) is 0. The van der Waals surface area contributed by atoms with Gasteiger partial charge in [-0.15, -0.1) is 13.2 Å². The zero-order chi connectivity index (χ0) is 12.8. The molecule has 0 bridgehead atoms. The number of nitrogens with zero attached hydrogens (tertiary/aromatic N) is 1. The minimum Gasteiger partial charge on any atom is -0.399 e. The van der Waals surface area contributed by atoms with E-state index in [1.807, 2.05) is 6.92 Å². The van der Waals surface area contributed by atoms with Crippen LogP contribution in [0.15, 0.2) is 43.5 Å². The van der Waals surface area contributed by atoms with Crippen molar-refractivity contribution in [3.8, 4) is 0 Å². The van der Waals surface area contributed by atoms with Crippen LogP contribution >= 0.6 is 0 Å². The van der Waals surface area contributed by atoms with E-state index >= 15 is 0 Å². The number of hydrogen-bond acceptors (Lipinski definition) is 2. The summed E-state index contributed by atoms with van der Waals surface area (Å²) in [6, 6.07) is 5.29. The number of amides is 1. The molecule has 0 aliphatic carbocycles. The average molecular weight is 230 g/mol. The third kappa shape index (κ3) is 3.21. The molecule has 0 aliphatic heterocycles. The molecule has 0 atom stereocenters. The molecule has 0 fully saturated rings. The summed E-state index contributed by atoms with van der Waals surface area (Å²) in [5, 5.41) is 0. The fourth-order valence-electron chi connectivity index (χ4n) is 1.65. The van der Waals surface area contributed by atoms with Gasteiger partial charge in [0, 0.05) is 24.3 Å². The number of anilines is 1. The van der Waals surface area contributed by atoms with Gasteiger partial charge in [0.15, 0.2) is 0 Å². The molecule has 17 heavy (non-hydrogen) atoms. The molecule has 0 aliphatic rings. The van der Waals surface area contributed by atoms with Gasteiger partial charge in [0.2, 0.25) is 0 Å². The summed E-state index contributed by atoms with van der Waals surface area (Å²) >= 11 is 0. The second kappa shape index (κ2) is 5.89. The van der Waals surface area contributed by atoms with E-state index < -0.39 is 0 Å². The van der Waals surface area contributed by atoms with Gasteiger partial charge in [-0.3, -0.25) is 4.79 Å². The van der Waals surface area contributed by atoms with Gasteiger partial charge in [-0.25, -0.2) is 0 Å². The average Bonchev–Trinajstić information content (AvgIpc) is 2.28. The lowest BCUT2D eigenvalue weighted by Gasteiger charge is -2.20. The quantitative estimate of drug-likeness (QED) is 0.623. The maximum absolute atomic E-state index is 12.2. The molecule has 90 valence electrons. The standard InChI is InChI=1S/C14H18N2O/c1-4-8-16(9-5-2)14(17)13-7-6-12(15)10-11(13)3/h4-7,10H,1-2,8-9,15H2,3H3. The van der Waals surface area contributed by atoms with E-state index in [0.717, 1.165) is 5.56 Å². The Morgan fingerprint density at radius 2 is 1.94 bits per heavy atom. The summed E-state index contributed by atoms with van der Waals surface area (Å²) in [4.78, 5) is 13.9. The zero-order valence-corrected chi connectivity index (χ0v) is 10.1. The van der Waals surface area contributed by atoms with E-state index in [9.17, 15) is 4.79 Å². The van der Waals surface area contributed by atoms with Gasteiger partial charge in [0.25, 0.3) is 5.91 Å². The Labute approximate surface area is 102 Å². The van der Waals surface area contributed by atoms with E-state index in [1.165, 1.54) is 0 Å². The predicted molar refractivity (Wildman–Crippen MR) is 71.9 cm³/mol. The highest BCUT2D eigenvalue weighted by Gasteiger charge is 2.15. The number of rotatable bonds is 5. The Kier molecular flexibility index (Phi) is 4.52. The number of nitrogens with two attached hydrogens (primary N) is 1. The van der Waals surface area contributed by atoms with E-state index in [1.54, 1.807) is 35.3 Å². The van der Waals surface area contributed by atoms with Crippen LogP contribution in [0.2, 0.25) is 0 Å². The largest absolute Gasteiger partial charge is 0.399 e. The van der Waals surface area contributed by atoms with Gasteiger partial charge in [-0.2, -0.15) is 0 Å². The summed E-state index contributed by atoms with van der Waals surface area (Å²) in [5.41, 5.74) is 7.88. The van der Waals surface area contributed by atoms with Gasteiger partial charge >= 0.3 is 0 Å². The molecule has 0 heterocycles. The monoisotopic (exact) mass is 230 g/mol. The van der Waals surface area contributed by atoms with Crippen LogP contribution in [0.1, 0.15) is 15.9 Å². The van der Waals surface area contributed by atoms with Crippen LogP contribution < -0.4 is 5.73 Å². The Morgan fingerprint density at radius 1 is 1.35 bits per heavy atom. The summed E-state index contributed by atoms with van der Waals surface area (Å²) in [5.74, 6) is -0.0256. The lowest BCUT2D eigenvalue weighted by atomic mass is 10.1. The first-order valence-electron chi connectivity index (χ1n) is 5.47. The smallest absolute Gasteiger partial charge is 0.254 e. The van der Waals surface area contributed by atoms with E-state index in [-0.39, 0.29) is 5.91 Å². The van der Waals surface area contributed by atoms with Crippen LogP contribution in [0.3, 0.4) is 0 Å². The Morgan fingerprint density at radius 3 is 2.41 bits per heavy atom. The van der Waals surface area contributed by atoms with Crippen molar-refractivity contribution in [3.05, 3.63) is 54.6 Å². The highest BCUT2D eigenvalue weighted by Crippen LogP contribution is 2.14. The third-order valence-electron chi connectivity index (χ3n) is 2.47. The van der Waals surface area contributed by atoms with Crippen molar-refractivity contribution in [3.63, 3.8) is 0 Å². The first-order chi connectivity index (χ1) is 8.10. The van der Waals surface area contributed by atoms with Crippen LogP contribution in [0.4, 0.5) is 5.69 Å². The van der Waals surface area contributed by atoms with Crippen LogP contribution in [-0.4, -0.2) is 23.9 Å². The molecule has 0 radical (unpaired) electrons. The molecule has 0 aromatic heterocycles. The maximum atomic E-state index is 12.2. The van der Waals surface area contributed by atoms with Crippen LogP contribution in [-0.2, 0) is 0 Å². The van der Waals surface area contributed by atoms with Gasteiger partial charge in [0.05, 0.1) is 0 Å². The molecule has 2 N–H and O–H groups in total. The van der Waals surface area contributed by atoms with Crippen molar-refractivity contribution in [2.24, 2.45) is 0 Å². The topological polar surface area (TPSA) is 46.3 Å². The molecule has 1 aromatic rings. The molecule has 3 heteroatoms. The van der Waals surface area contributed by atoms with Gasteiger partial charge in [-0.1, -0.05) is 12.2 Å². The van der Waals surface area contributed by atoms with Gasteiger partial charge < -0.3 is 10.6 Å². The van der Waals surface area contributed by atoms with E-state index in [2.05, 4.69) is 13.2 Å². The molecule has 0 saturated carbocycles. The minimum atomic E-state index is -0.0256. The Hall–Kier alpha value is -2.03. The van der Waals surface area contributed by atoms with Crippen molar-refractivity contribution in [2.45, 2.75) is 6.92 Å². The molecule has 0 unspecified atom stereocenters. The van der Waals surface area contributed by atoms with Gasteiger partial charge in [0.1, 0.15) is 0 Å². The first-order valence-corrected chi connectivity index (χ1v) is 5.47. The molecule has 3 nitrogen and oxygen atoms in total. The van der Waals surface area contributed by atoms with Crippen LogP contribution in [0.5, 0.6) is 0 Å². The highest BCUT2D eigenvalue weighted by atomic mass is 16.2. The van der Waals surface area contributed by atoms with Crippen molar-refractivity contribution in [1.29, 1.82) is 0 Å². The lowest BCUT2D eigenvalue weighted by molar-refractivity contribution is 0.0790. The fourth-order valence-corrected chi connectivity index (χ4v) is 1.65. The first kappa shape index (κ1) is 13.0. The molecule has 0 spiro atoms. The molecule has 1 amide bonds. The molecular weight excluding hydrogens is 212 g/mol. The van der Waals surface area contributed by atoms with Crippen molar-refractivity contribution in [1.82, 2.24) is 4.90 Å². The summed E-state index contributed by atoms with van der Waals surface area (Å²) in [6.45, 7) is 10.2. The maximum Gasteiger partial charge on any atom is 0.254 e. The molecular formula is C14H18N2O. The Balaban J connectivity index is 2.99. The van der Waals surface area contributed by atoms with Crippen molar-refractivity contribution >= 4 is 11.6 Å². The molecule has 1 rings (SSSR count). The third-order valence-corrected chi connectivity index (χ3v) is 2.47. The summed E-state index contributed by atoms with van der Waals surface area (Å²) in [6.07, 6.45) is 3.40. The second-order valence-corrected chi connectivity index (χ2v) is 3.86. The number of aryl methyl sites for hydroxylation is 1. The number of carbonyl (C=O) groups is 1. The number of benzene rings is 1. The second-order valence-electron chi connectivity index (χ2n) is 3.86. The lowest BCUT2D eigenvalue weighted by Crippen LogP contribution is -2.31. The van der Waals surface area contributed by atoms with E-state index in [0.29, 0.717) is 24.3 Å². The SMILES string of the molecule is C=CCN(CC=C)C(=O)c1ccc(N)cc1C. The Bertz CT molecular complexity index is 428. The van der Waals surface area contributed by atoms with Gasteiger partial charge in [-0.05, 0) is 30.7 Å². The van der Waals surface area contributed by atoms with Crippen molar-refractivity contribution < 1.29 is 4.79 Å². The van der Waals surface area contributed by atoms with E-state index in [4.69, 9.17) is 5.73 Å². The number of hydrogen-bond donors (Lipinski definition) is 1. The fraction of sp³-hybridized carbons (Fsp3) is 0.214. The van der Waals surface area contributed by atoms with Crippen LogP contribution in [0.25, 0.3) is 0 Å². The zero-order valence-electron chi connectivity index (χ0n) is 10.1. The normalized spacial score (nSPS) is 9.71. The minimum absolute atomic E-state index is 0.0256. The van der Waals surface area contributed by atoms with Crippen molar-refractivity contribution in [2.75, 3.05) is 18.8 Å². The summed E-state index contributed by atoms with van der Waals surface area (Å²) < 4.78 is 0. The number of carbonyl (C=O) groups excluding carboxylic acids is 1. The highest BCUT2D eigenvalue weighted by molar-refractivity contribution is 5.96. The molecule has 1 aromatic carbocycles.